The van der Waals surface area contributed by atoms with Crippen LogP contribution in [0, 0.1) is 0 Å². The van der Waals surface area contributed by atoms with Gasteiger partial charge in [-0.2, -0.15) is 0 Å². The topological polar surface area (TPSA) is 42.7 Å². The van der Waals surface area contributed by atoms with E-state index in [-0.39, 0.29) is 0 Å². The highest BCUT2D eigenvalue weighted by molar-refractivity contribution is 5.84. The minimum atomic E-state index is 0.785. The molecule has 0 aliphatic carbocycles. The molecule has 0 aliphatic rings. The van der Waals surface area contributed by atoms with E-state index in [2.05, 4.69) is 65.0 Å². The van der Waals surface area contributed by atoms with Crippen LogP contribution in [0.25, 0.3) is 16.5 Å². The van der Waals surface area contributed by atoms with E-state index in [0.29, 0.717) is 0 Å². The summed E-state index contributed by atoms with van der Waals surface area (Å²) >= 11 is 0. The van der Waals surface area contributed by atoms with E-state index in [4.69, 9.17) is 0 Å². The average molecular weight is 266 g/mol. The van der Waals surface area contributed by atoms with Crippen molar-refractivity contribution in [2.75, 3.05) is 6.54 Å². The molecule has 0 unspecified atom stereocenters. The molecule has 0 saturated carbocycles. The third kappa shape index (κ3) is 2.56. The molecule has 4 heteroatoms. The van der Waals surface area contributed by atoms with Crippen LogP contribution >= 0.6 is 0 Å². The summed E-state index contributed by atoms with van der Waals surface area (Å²) in [6.45, 7) is 3.95. The van der Waals surface area contributed by atoms with Crippen molar-refractivity contribution in [1.29, 1.82) is 0 Å². The Morgan fingerprint density at radius 2 is 1.95 bits per heavy atom. The van der Waals surface area contributed by atoms with Crippen molar-refractivity contribution in [3.05, 3.63) is 54.4 Å². The molecule has 0 amide bonds. The summed E-state index contributed by atoms with van der Waals surface area (Å²) in [7, 11) is 0. The van der Waals surface area contributed by atoms with Crippen molar-refractivity contribution >= 4 is 10.8 Å². The van der Waals surface area contributed by atoms with E-state index in [0.717, 1.165) is 30.9 Å². The van der Waals surface area contributed by atoms with Gasteiger partial charge in [0.25, 0.3) is 0 Å². The molecule has 20 heavy (non-hydrogen) atoms. The smallest absolute Gasteiger partial charge is 0.0783 e. The fourth-order valence-corrected chi connectivity index (χ4v) is 2.30. The molecular formula is C16H18N4. The molecule has 4 nitrogen and oxygen atoms in total. The van der Waals surface area contributed by atoms with E-state index in [9.17, 15) is 0 Å². The molecule has 3 rings (SSSR count). The van der Waals surface area contributed by atoms with Crippen molar-refractivity contribution < 1.29 is 0 Å². The van der Waals surface area contributed by atoms with Crippen LogP contribution < -0.4 is 5.32 Å². The molecule has 2 aromatic carbocycles. The number of hydrogen-bond donors (Lipinski definition) is 1. The number of rotatable bonds is 5. The predicted molar refractivity (Wildman–Crippen MR) is 80.9 cm³/mol. The lowest BCUT2D eigenvalue weighted by molar-refractivity contribution is 0.641. The van der Waals surface area contributed by atoms with Gasteiger partial charge >= 0.3 is 0 Å². The van der Waals surface area contributed by atoms with Crippen molar-refractivity contribution in [2.24, 2.45) is 0 Å². The fourth-order valence-electron chi connectivity index (χ4n) is 2.30. The van der Waals surface area contributed by atoms with Crippen LogP contribution in [0.15, 0.2) is 48.7 Å². The first kappa shape index (κ1) is 12.8. The second-order valence-corrected chi connectivity index (χ2v) is 4.85. The van der Waals surface area contributed by atoms with Crippen LogP contribution in [0.4, 0.5) is 0 Å². The molecule has 0 fully saturated rings. The van der Waals surface area contributed by atoms with Gasteiger partial charge in [-0.05, 0) is 35.9 Å². The number of nitrogens with one attached hydrogen (secondary N) is 1. The number of fused-ring (bicyclic) bond motifs is 1. The summed E-state index contributed by atoms with van der Waals surface area (Å²) in [4.78, 5) is 0. The molecule has 0 atom stereocenters. The highest BCUT2D eigenvalue weighted by Crippen LogP contribution is 2.18. The lowest BCUT2D eigenvalue weighted by Gasteiger charge is -2.08. The number of aromatic nitrogens is 3. The lowest BCUT2D eigenvalue weighted by atomic mass is 10.1. The molecule has 1 aromatic heterocycles. The largest absolute Gasteiger partial charge is 0.311 e. The Kier molecular flexibility index (Phi) is 3.74. The van der Waals surface area contributed by atoms with Gasteiger partial charge in [-0.3, -0.25) is 0 Å². The molecule has 102 valence electrons. The van der Waals surface area contributed by atoms with Gasteiger partial charge in [0.2, 0.25) is 0 Å². The Hall–Kier alpha value is -2.20. The average Bonchev–Trinajstić information content (AvgIpc) is 2.95. The molecule has 0 bridgehead atoms. The molecule has 1 heterocycles. The number of hydrogen-bond acceptors (Lipinski definition) is 3. The molecule has 1 N–H and O–H groups in total. The Morgan fingerprint density at radius 1 is 1.10 bits per heavy atom. The van der Waals surface area contributed by atoms with Crippen molar-refractivity contribution in [2.45, 2.75) is 19.9 Å². The molecule has 0 saturated heterocycles. The van der Waals surface area contributed by atoms with E-state index in [1.807, 2.05) is 10.9 Å². The summed E-state index contributed by atoms with van der Waals surface area (Å²) in [6.07, 6.45) is 2.94. The first-order valence-corrected chi connectivity index (χ1v) is 6.98. The van der Waals surface area contributed by atoms with Gasteiger partial charge in [-0.25, -0.2) is 4.68 Å². The molecule has 0 spiro atoms. The third-order valence-corrected chi connectivity index (χ3v) is 3.33. The van der Waals surface area contributed by atoms with Gasteiger partial charge in [-0.15, -0.1) is 5.10 Å². The van der Waals surface area contributed by atoms with Crippen LogP contribution in [-0.4, -0.2) is 21.5 Å². The third-order valence-electron chi connectivity index (χ3n) is 3.33. The van der Waals surface area contributed by atoms with Gasteiger partial charge < -0.3 is 5.32 Å². The molecular weight excluding hydrogens is 248 g/mol. The first-order valence-electron chi connectivity index (χ1n) is 6.98. The molecule has 0 aliphatic heterocycles. The van der Waals surface area contributed by atoms with Crippen LogP contribution in [0.1, 0.15) is 19.0 Å². The Labute approximate surface area is 118 Å². The fraction of sp³-hybridized carbons (Fsp3) is 0.250. The summed E-state index contributed by atoms with van der Waals surface area (Å²) in [5.41, 5.74) is 2.13. The zero-order valence-electron chi connectivity index (χ0n) is 11.6. The Balaban J connectivity index is 1.92. The highest BCUT2D eigenvalue weighted by Gasteiger charge is 2.06. The zero-order chi connectivity index (χ0) is 13.8. The lowest BCUT2D eigenvalue weighted by Crippen LogP contribution is -2.16. The van der Waals surface area contributed by atoms with Crippen molar-refractivity contribution in [3.63, 3.8) is 0 Å². The summed E-state index contributed by atoms with van der Waals surface area (Å²) in [5, 5.41) is 14.1. The van der Waals surface area contributed by atoms with Crippen LogP contribution in [0.2, 0.25) is 0 Å². The second-order valence-electron chi connectivity index (χ2n) is 4.85. The Morgan fingerprint density at radius 3 is 2.80 bits per heavy atom. The molecule has 3 aromatic rings. The first-order chi connectivity index (χ1) is 9.88. The van der Waals surface area contributed by atoms with E-state index < -0.39 is 0 Å². The second kappa shape index (κ2) is 5.84. The maximum Gasteiger partial charge on any atom is 0.0783 e. The summed E-state index contributed by atoms with van der Waals surface area (Å²) in [6, 6.07) is 14.7. The zero-order valence-corrected chi connectivity index (χ0v) is 11.6. The van der Waals surface area contributed by atoms with Gasteiger partial charge in [0.05, 0.1) is 17.6 Å². The Bertz CT molecular complexity index is 702. The summed E-state index contributed by atoms with van der Waals surface area (Å²) in [5.74, 6) is 0. The van der Waals surface area contributed by atoms with Gasteiger partial charge in [0, 0.05) is 6.54 Å². The van der Waals surface area contributed by atoms with Crippen LogP contribution in [0.5, 0.6) is 0 Å². The standard InChI is InChI=1S/C16H18N4/c1-2-9-17-11-16-12-18-19-20(16)15-8-7-13-5-3-4-6-14(13)10-15/h3-8,10,12,17H,2,9,11H2,1H3. The minimum Gasteiger partial charge on any atom is -0.311 e. The highest BCUT2D eigenvalue weighted by atomic mass is 15.4. The quantitative estimate of drug-likeness (QED) is 0.722. The molecule has 0 radical (unpaired) electrons. The van der Waals surface area contributed by atoms with E-state index in [1.54, 1.807) is 0 Å². The van der Waals surface area contributed by atoms with Gasteiger partial charge in [0.1, 0.15) is 0 Å². The minimum absolute atomic E-state index is 0.785. The van der Waals surface area contributed by atoms with Crippen LogP contribution in [-0.2, 0) is 6.54 Å². The maximum atomic E-state index is 4.20. The SMILES string of the molecule is CCCNCc1cnnn1-c1ccc2ccccc2c1. The maximum absolute atomic E-state index is 4.20. The van der Waals surface area contributed by atoms with E-state index >= 15 is 0 Å². The van der Waals surface area contributed by atoms with E-state index in [1.165, 1.54) is 10.8 Å². The summed E-state index contributed by atoms with van der Waals surface area (Å²) < 4.78 is 1.90. The van der Waals surface area contributed by atoms with Gasteiger partial charge in [-0.1, -0.05) is 42.5 Å². The normalized spacial score (nSPS) is 11.1. The van der Waals surface area contributed by atoms with Crippen LogP contribution in [0.3, 0.4) is 0 Å². The van der Waals surface area contributed by atoms with Crippen molar-refractivity contribution in [1.82, 2.24) is 20.3 Å². The number of benzene rings is 2. The predicted octanol–water partition coefficient (Wildman–Crippen LogP) is 2.92. The monoisotopic (exact) mass is 266 g/mol. The number of nitrogens with zero attached hydrogens (tertiary/aromatic N) is 3. The van der Waals surface area contributed by atoms with Gasteiger partial charge in [0.15, 0.2) is 0 Å². The van der Waals surface area contributed by atoms with Crippen molar-refractivity contribution in [3.8, 4) is 5.69 Å².